The summed E-state index contributed by atoms with van der Waals surface area (Å²) in [5.41, 5.74) is -0.788. The smallest absolute Gasteiger partial charge is 0.222 e. The number of nitrogens with one attached hydrogen (secondary N) is 2. The van der Waals surface area contributed by atoms with Crippen molar-refractivity contribution in [3.63, 3.8) is 0 Å². The number of hydrogen-bond acceptors (Lipinski definition) is 3. The van der Waals surface area contributed by atoms with Crippen molar-refractivity contribution in [3.05, 3.63) is 0 Å². The van der Waals surface area contributed by atoms with Crippen molar-refractivity contribution >= 4 is 5.91 Å². The van der Waals surface area contributed by atoms with Crippen LogP contribution >= 0.6 is 0 Å². The third-order valence-electron chi connectivity index (χ3n) is 2.53. The van der Waals surface area contributed by atoms with Crippen molar-refractivity contribution < 1.29 is 9.90 Å². The Bertz CT molecular complexity index is 174. The molecule has 1 atom stereocenters. The highest BCUT2D eigenvalue weighted by molar-refractivity contribution is 5.76. The number of carbonyl (C=O) groups excluding carboxylic acids is 1. The van der Waals surface area contributed by atoms with E-state index < -0.39 is 5.60 Å². The van der Waals surface area contributed by atoms with E-state index in [9.17, 15) is 9.90 Å². The molecule has 0 spiro atoms. The molecule has 0 radical (unpaired) electrons. The van der Waals surface area contributed by atoms with Gasteiger partial charge in [-0.15, -0.1) is 0 Å². The van der Waals surface area contributed by atoms with Gasteiger partial charge in [0.05, 0.1) is 12.0 Å². The van der Waals surface area contributed by atoms with Gasteiger partial charge in [0, 0.05) is 7.05 Å². The van der Waals surface area contributed by atoms with Crippen molar-refractivity contribution in [1.82, 2.24) is 10.6 Å². The molecule has 4 nitrogen and oxygen atoms in total. The van der Waals surface area contributed by atoms with E-state index in [2.05, 4.69) is 10.6 Å². The molecule has 0 aromatic rings. The summed E-state index contributed by atoms with van der Waals surface area (Å²) in [6, 6.07) is 0. The van der Waals surface area contributed by atoms with Crippen molar-refractivity contribution in [2.24, 2.45) is 0 Å². The summed E-state index contributed by atoms with van der Waals surface area (Å²) >= 11 is 0. The van der Waals surface area contributed by atoms with Crippen LogP contribution in [0, 0.1) is 0 Å². The van der Waals surface area contributed by atoms with Gasteiger partial charge in [0.15, 0.2) is 0 Å². The molecule has 13 heavy (non-hydrogen) atoms. The Morgan fingerprint density at radius 3 is 3.00 bits per heavy atom. The molecule has 0 saturated carbocycles. The molecule has 1 fully saturated rings. The van der Waals surface area contributed by atoms with Crippen LogP contribution < -0.4 is 10.6 Å². The Labute approximate surface area is 78.7 Å². The lowest BCUT2D eigenvalue weighted by molar-refractivity contribution is -0.126. The monoisotopic (exact) mass is 186 g/mol. The molecule has 0 aromatic carbocycles. The second kappa shape index (κ2) is 4.58. The fourth-order valence-corrected chi connectivity index (χ4v) is 1.68. The molecule has 0 aliphatic carbocycles. The van der Waals surface area contributed by atoms with E-state index in [-0.39, 0.29) is 12.3 Å². The number of hydrogen-bond donors (Lipinski definition) is 3. The van der Waals surface area contributed by atoms with Crippen LogP contribution in [0.25, 0.3) is 0 Å². The zero-order valence-electron chi connectivity index (χ0n) is 8.10. The summed E-state index contributed by atoms with van der Waals surface area (Å²) in [5, 5.41) is 15.8. The van der Waals surface area contributed by atoms with Gasteiger partial charge < -0.3 is 15.7 Å². The molecule has 4 heteroatoms. The van der Waals surface area contributed by atoms with Gasteiger partial charge in [-0.05, 0) is 32.4 Å². The lowest BCUT2D eigenvalue weighted by atomic mass is 9.91. The average molecular weight is 186 g/mol. The second-order valence-electron chi connectivity index (χ2n) is 3.68. The third-order valence-corrected chi connectivity index (χ3v) is 2.53. The van der Waals surface area contributed by atoms with Gasteiger partial charge in [-0.3, -0.25) is 4.79 Å². The van der Waals surface area contributed by atoms with Crippen molar-refractivity contribution in [3.8, 4) is 0 Å². The molecule has 1 unspecified atom stereocenters. The molecule has 1 aliphatic rings. The molecule has 1 aliphatic heterocycles. The third kappa shape index (κ3) is 3.32. The highest BCUT2D eigenvalue weighted by Gasteiger charge is 2.30. The molecular formula is C9H18N2O2. The first-order chi connectivity index (χ1) is 6.16. The van der Waals surface area contributed by atoms with Crippen LogP contribution in [-0.4, -0.2) is 36.8 Å². The summed E-state index contributed by atoms with van der Waals surface area (Å²) in [6.07, 6.45) is 2.55. The molecule has 0 aromatic heterocycles. The van der Waals surface area contributed by atoms with Gasteiger partial charge in [0.2, 0.25) is 5.91 Å². The molecule has 0 bridgehead atoms. The molecule has 1 rings (SSSR count). The first kappa shape index (κ1) is 10.5. The van der Waals surface area contributed by atoms with Crippen LogP contribution in [0.1, 0.15) is 25.7 Å². The average Bonchev–Trinajstić information content (AvgIpc) is 2.30. The first-order valence-corrected chi connectivity index (χ1v) is 4.80. The minimum Gasteiger partial charge on any atom is -0.389 e. The lowest BCUT2D eigenvalue weighted by Gasteiger charge is -2.24. The Morgan fingerprint density at radius 2 is 2.31 bits per heavy atom. The lowest BCUT2D eigenvalue weighted by Crippen LogP contribution is -2.36. The molecule has 1 amide bonds. The topological polar surface area (TPSA) is 61.4 Å². The van der Waals surface area contributed by atoms with E-state index in [1.807, 2.05) is 0 Å². The first-order valence-electron chi connectivity index (χ1n) is 4.80. The van der Waals surface area contributed by atoms with Crippen LogP contribution in [0.5, 0.6) is 0 Å². The van der Waals surface area contributed by atoms with Gasteiger partial charge in [0.1, 0.15) is 0 Å². The normalized spacial score (nSPS) is 29.4. The van der Waals surface area contributed by atoms with E-state index in [0.29, 0.717) is 12.8 Å². The van der Waals surface area contributed by atoms with Gasteiger partial charge >= 0.3 is 0 Å². The maximum atomic E-state index is 11.1. The van der Waals surface area contributed by atoms with E-state index in [1.54, 1.807) is 7.05 Å². The van der Waals surface area contributed by atoms with E-state index in [4.69, 9.17) is 0 Å². The number of rotatable bonds is 2. The van der Waals surface area contributed by atoms with Crippen LogP contribution in [0.2, 0.25) is 0 Å². The van der Waals surface area contributed by atoms with Gasteiger partial charge in [-0.2, -0.15) is 0 Å². The predicted octanol–water partition coefficient (Wildman–Crippen LogP) is -0.373. The molecule has 3 N–H and O–H groups in total. The second-order valence-corrected chi connectivity index (χ2v) is 3.68. The van der Waals surface area contributed by atoms with E-state index in [0.717, 1.165) is 19.5 Å². The van der Waals surface area contributed by atoms with Crippen molar-refractivity contribution in [2.75, 3.05) is 20.1 Å². The Kier molecular flexibility index (Phi) is 3.69. The number of aliphatic hydroxyl groups is 1. The van der Waals surface area contributed by atoms with Crippen LogP contribution in [0.3, 0.4) is 0 Å². The Balaban J connectivity index is 2.46. The van der Waals surface area contributed by atoms with Gasteiger partial charge in [0.25, 0.3) is 0 Å². The SMILES string of the molecule is CNC(=O)CC1(O)CCCNCC1. The summed E-state index contributed by atoms with van der Waals surface area (Å²) < 4.78 is 0. The quantitative estimate of drug-likeness (QED) is 0.551. The highest BCUT2D eigenvalue weighted by atomic mass is 16.3. The summed E-state index contributed by atoms with van der Waals surface area (Å²) in [6.45, 7) is 1.74. The maximum absolute atomic E-state index is 11.1. The highest BCUT2D eigenvalue weighted by Crippen LogP contribution is 2.22. The zero-order valence-corrected chi connectivity index (χ0v) is 8.10. The van der Waals surface area contributed by atoms with Crippen LogP contribution in [0.15, 0.2) is 0 Å². The Morgan fingerprint density at radius 1 is 1.54 bits per heavy atom. The minimum absolute atomic E-state index is 0.0793. The van der Waals surface area contributed by atoms with Gasteiger partial charge in [-0.25, -0.2) is 0 Å². The summed E-state index contributed by atoms with van der Waals surface area (Å²) in [5.74, 6) is -0.0793. The summed E-state index contributed by atoms with van der Waals surface area (Å²) in [7, 11) is 1.60. The largest absolute Gasteiger partial charge is 0.389 e. The van der Waals surface area contributed by atoms with Crippen molar-refractivity contribution in [2.45, 2.75) is 31.3 Å². The molecule has 1 heterocycles. The fraction of sp³-hybridized carbons (Fsp3) is 0.889. The van der Waals surface area contributed by atoms with Crippen LogP contribution in [-0.2, 0) is 4.79 Å². The van der Waals surface area contributed by atoms with Crippen molar-refractivity contribution in [1.29, 1.82) is 0 Å². The molecule has 1 saturated heterocycles. The van der Waals surface area contributed by atoms with E-state index >= 15 is 0 Å². The minimum atomic E-state index is -0.788. The molecular weight excluding hydrogens is 168 g/mol. The fourth-order valence-electron chi connectivity index (χ4n) is 1.68. The van der Waals surface area contributed by atoms with Gasteiger partial charge in [-0.1, -0.05) is 0 Å². The zero-order chi connectivity index (χ0) is 9.73. The van der Waals surface area contributed by atoms with Crippen LogP contribution in [0.4, 0.5) is 0 Å². The number of amides is 1. The maximum Gasteiger partial charge on any atom is 0.222 e. The number of carbonyl (C=O) groups is 1. The predicted molar refractivity (Wildman–Crippen MR) is 50.4 cm³/mol. The Hall–Kier alpha value is -0.610. The van der Waals surface area contributed by atoms with E-state index in [1.165, 1.54) is 0 Å². The summed E-state index contributed by atoms with van der Waals surface area (Å²) in [4.78, 5) is 11.1. The molecule has 76 valence electrons. The standard InChI is InChI=1S/C9H18N2O2/c1-10-8(12)7-9(13)3-2-5-11-6-4-9/h11,13H,2-7H2,1H3,(H,10,12).